The molecule has 0 saturated heterocycles. The Hall–Kier alpha value is -2.74. The monoisotopic (exact) mass is 555 g/mol. The zero-order valence-electron chi connectivity index (χ0n) is 19.9. The van der Waals surface area contributed by atoms with Crippen molar-refractivity contribution in [1.82, 2.24) is 4.31 Å². The number of hydrogen-bond acceptors (Lipinski definition) is 4. The van der Waals surface area contributed by atoms with Crippen LogP contribution in [0.5, 0.6) is 0 Å². The first-order valence-electron chi connectivity index (χ1n) is 11.4. The molecule has 184 valence electrons. The molecule has 7 heteroatoms. The first-order chi connectivity index (χ1) is 16.8. The van der Waals surface area contributed by atoms with Gasteiger partial charge in [0, 0.05) is 18.7 Å². The number of carbonyl (C=O) groups is 1. The van der Waals surface area contributed by atoms with Crippen LogP contribution in [0.1, 0.15) is 27.9 Å². The van der Waals surface area contributed by atoms with E-state index in [1.54, 1.807) is 34.6 Å². The molecular weight excluding hydrogens is 526 g/mol. The summed E-state index contributed by atoms with van der Waals surface area (Å²) in [6.07, 6.45) is 3.87. The number of alkyl halides is 1. The Kier molecular flexibility index (Phi) is 9.83. The summed E-state index contributed by atoms with van der Waals surface area (Å²) in [6.45, 7) is 2.15. The minimum atomic E-state index is -3.84. The summed E-state index contributed by atoms with van der Waals surface area (Å²) in [5.41, 5.74) is 2.99. The number of nitrogens with zero attached hydrogens (tertiary/aromatic N) is 1. The predicted molar refractivity (Wildman–Crippen MR) is 143 cm³/mol. The molecule has 0 aliphatic carbocycles. The third kappa shape index (κ3) is 7.62. The lowest BCUT2D eigenvalue weighted by molar-refractivity contribution is -0.134. The molecule has 0 N–H and O–H groups in total. The standard InChI is InChI=1S/C28H30BrNO4S/c1-22-16-18-26(19-17-22)35(32,33)30(21-27(29)24-12-7-4-8-13-24)25(14-9-15-28(31)34-2)20-23-10-5-3-6-11-23/h3-13,15-19,25,27H,14,20-21H2,1-2H3/b15-9-/t25-,27?/m1/s1. The molecule has 0 spiro atoms. The number of benzene rings is 3. The van der Waals surface area contributed by atoms with Gasteiger partial charge in [0.25, 0.3) is 0 Å². The minimum absolute atomic E-state index is 0.216. The Bertz CT molecular complexity index is 1210. The Morgan fingerprint density at radius 2 is 1.57 bits per heavy atom. The maximum absolute atomic E-state index is 14.0. The summed E-state index contributed by atoms with van der Waals surface area (Å²) in [4.78, 5) is 11.7. The number of sulfonamides is 1. The van der Waals surface area contributed by atoms with Crippen LogP contribution in [0.25, 0.3) is 0 Å². The number of hydrogen-bond donors (Lipinski definition) is 0. The molecule has 0 fully saturated rings. The third-order valence-electron chi connectivity index (χ3n) is 5.71. The van der Waals surface area contributed by atoms with E-state index < -0.39 is 22.0 Å². The van der Waals surface area contributed by atoms with Crippen LogP contribution in [-0.2, 0) is 26.0 Å². The number of ether oxygens (including phenoxy) is 1. The molecule has 0 aliphatic rings. The SMILES string of the molecule is COC(=O)/C=C\C[C@H](Cc1ccccc1)N(CC(Br)c1ccccc1)S(=O)(=O)c1ccc(C)cc1. The maximum Gasteiger partial charge on any atom is 0.330 e. The van der Waals surface area contributed by atoms with Crippen molar-refractivity contribution in [1.29, 1.82) is 0 Å². The van der Waals surface area contributed by atoms with Crippen LogP contribution in [-0.4, -0.2) is 38.4 Å². The molecule has 2 atom stereocenters. The van der Waals surface area contributed by atoms with Gasteiger partial charge in [-0.15, -0.1) is 0 Å². The molecule has 0 radical (unpaired) electrons. The van der Waals surface area contributed by atoms with E-state index in [1.807, 2.05) is 67.6 Å². The van der Waals surface area contributed by atoms with Gasteiger partial charge >= 0.3 is 5.97 Å². The Labute approximate surface area is 216 Å². The summed E-state index contributed by atoms with van der Waals surface area (Å²) in [6, 6.07) is 26.0. The van der Waals surface area contributed by atoms with E-state index in [9.17, 15) is 13.2 Å². The van der Waals surface area contributed by atoms with E-state index in [1.165, 1.54) is 13.2 Å². The van der Waals surface area contributed by atoms with Crippen molar-refractivity contribution in [2.75, 3.05) is 13.7 Å². The molecule has 1 unspecified atom stereocenters. The number of methoxy groups -OCH3 is 1. The van der Waals surface area contributed by atoms with Crippen LogP contribution in [0.15, 0.2) is 102 Å². The summed E-state index contributed by atoms with van der Waals surface area (Å²) in [5, 5.41) is 0. The van der Waals surface area contributed by atoms with Crippen LogP contribution < -0.4 is 0 Å². The lowest BCUT2D eigenvalue weighted by Gasteiger charge is -2.32. The van der Waals surface area contributed by atoms with Gasteiger partial charge in [-0.25, -0.2) is 13.2 Å². The molecule has 5 nitrogen and oxygen atoms in total. The van der Waals surface area contributed by atoms with Gasteiger partial charge < -0.3 is 4.74 Å². The van der Waals surface area contributed by atoms with Crippen LogP contribution in [0.4, 0.5) is 0 Å². The van der Waals surface area contributed by atoms with Crippen molar-refractivity contribution in [2.45, 2.75) is 35.5 Å². The van der Waals surface area contributed by atoms with E-state index >= 15 is 0 Å². The van der Waals surface area contributed by atoms with Gasteiger partial charge in [0.2, 0.25) is 10.0 Å². The summed E-state index contributed by atoms with van der Waals surface area (Å²) < 4.78 is 34.2. The van der Waals surface area contributed by atoms with Gasteiger partial charge in [0.1, 0.15) is 0 Å². The van der Waals surface area contributed by atoms with E-state index in [0.29, 0.717) is 12.8 Å². The molecule has 0 amide bonds. The van der Waals surface area contributed by atoms with Gasteiger partial charge in [0.15, 0.2) is 0 Å². The van der Waals surface area contributed by atoms with E-state index in [-0.39, 0.29) is 16.3 Å². The molecular formula is C28H30BrNO4S. The fourth-order valence-corrected chi connectivity index (χ4v) is 6.25. The average Bonchev–Trinajstić information content (AvgIpc) is 2.87. The van der Waals surface area contributed by atoms with Crippen molar-refractivity contribution in [3.05, 3.63) is 114 Å². The Balaban J connectivity index is 2.03. The zero-order valence-corrected chi connectivity index (χ0v) is 22.3. The number of esters is 1. The number of aryl methyl sites for hydroxylation is 1. The lowest BCUT2D eigenvalue weighted by Crippen LogP contribution is -2.43. The second-order valence-corrected chi connectivity index (χ2v) is 11.3. The molecule has 0 heterocycles. The van der Waals surface area contributed by atoms with Crippen molar-refractivity contribution in [3.8, 4) is 0 Å². The van der Waals surface area contributed by atoms with Crippen molar-refractivity contribution in [2.24, 2.45) is 0 Å². The lowest BCUT2D eigenvalue weighted by atomic mass is 10.0. The number of halogens is 1. The quantitative estimate of drug-likeness (QED) is 0.169. The van der Waals surface area contributed by atoms with Crippen LogP contribution in [0.2, 0.25) is 0 Å². The topological polar surface area (TPSA) is 63.7 Å². The highest BCUT2D eigenvalue weighted by atomic mass is 79.9. The fourth-order valence-electron chi connectivity index (χ4n) is 3.79. The van der Waals surface area contributed by atoms with Crippen molar-refractivity contribution < 1.29 is 17.9 Å². The van der Waals surface area contributed by atoms with Gasteiger partial charge in [-0.2, -0.15) is 4.31 Å². The van der Waals surface area contributed by atoms with Crippen LogP contribution in [0, 0.1) is 6.92 Å². The largest absolute Gasteiger partial charge is 0.466 e. The highest BCUT2D eigenvalue weighted by Crippen LogP contribution is 2.30. The third-order valence-corrected chi connectivity index (χ3v) is 8.46. The smallest absolute Gasteiger partial charge is 0.330 e. The van der Waals surface area contributed by atoms with E-state index in [0.717, 1.165) is 16.7 Å². The molecule has 0 saturated carbocycles. The first kappa shape index (κ1) is 26.9. The highest BCUT2D eigenvalue weighted by Gasteiger charge is 2.33. The zero-order chi connectivity index (χ0) is 25.3. The van der Waals surface area contributed by atoms with Gasteiger partial charge in [0.05, 0.1) is 16.8 Å². The summed E-state index contributed by atoms with van der Waals surface area (Å²) in [5.74, 6) is -0.473. The van der Waals surface area contributed by atoms with Gasteiger partial charge in [-0.1, -0.05) is 100 Å². The summed E-state index contributed by atoms with van der Waals surface area (Å²) >= 11 is 3.72. The summed E-state index contributed by atoms with van der Waals surface area (Å²) in [7, 11) is -2.53. The Morgan fingerprint density at radius 3 is 2.17 bits per heavy atom. The predicted octanol–water partition coefficient (Wildman–Crippen LogP) is 5.85. The molecule has 0 aliphatic heterocycles. The van der Waals surface area contributed by atoms with E-state index in [2.05, 4.69) is 15.9 Å². The maximum atomic E-state index is 14.0. The highest BCUT2D eigenvalue weighted by molar-refractivity contribution is 9.09. The van der Waals surface area contributed by atoms with E-state index in [4.69, 9.17) is 4.74 Å². The molecule has 0 bridgehead atoms. The molecule has 3 aromatic carbocycles. The molecule has 3 aromatic rings. The van der Waals surface area contributed by atoms with Crippen LogP contribution in [0.3, 0.4) is 0 Å². The van der Waals surface area contributed by atoms with Crippen molar-refractivity contribution >= 4 is 31.9 Å². The molecule has 35 heavy (non-hydrogen) atoms. The normalized spacial score (nSPS) is 13.6. The minimum Gasteiger partial charge on any atom is -0.466 e. The molecule has 0 aromatic heterocycles. The second-order valence-electron chi connectivity index (χ2n) is 8.27. The van der Waals surface area contributed by atoms with Crippen LogP contribution >= 0.6 is 15.9 Å². The second kappa shape index (κ2) is 12.8. The van der Waals surface area contributed by atoms with Gasteiger partial charge in [-0.05, 0) is 43.0 Å². The molecule has 3 rings (SSSR count). The van der Waals surface area contributed by atoms with Gasteiger partial charge in [-0.3, -0.25) is 0 Å². The fraction of sp³-hybridized carbons (Fsp3) is 0.250. The number of rotatable bonds is 11. The Morgan fingerprint density at radius 1 is 0.971 bits per heavy atom. The van der Waals surface area contributed by atoms with Crippen molar-refractivity contribution in [3.63, 3.8) is 0 Å². The first-order valence-corrected chi connectivity index (χ1v) is 13.7. The number of carbonyl (C=O) groups excluding carboxylic acids is 1. The average molecular weight is 557 g/mol.